The number of halogens is 1. The monoisotopic (exact) mass is 431 g/mol. The number of nitrogens with zero attached hydrogens (tertiary/aromatic N) is 1. The van der Waals surface area contributed by atoms with Gasteiger partial charge in [-0.2, -0.15) is 0 Å². The second-order valence-corrected chi connectivity index (χ2v) is 7.25. The van der Waals surface area contributed by atoms with Crippen molar-refractivity contribution in [3.05, 3.63) is 63.9 Å². The maximum Gasteiger partial charge on any atom is 0.252 e. The summed E-state index contributed by atoms with van der Waals surface area (Å²) in [5.41, 5.74) is 1.45. The van der Waals surface area contributed by atoms with E-state index >= 15 is 0 Å². The van der Waals surface area contributed by atoms with Gasteiger partial charge < -0.3 is 19.8 Å². The van der Waals surface area contributed by atoms with Gasteiger partial charge in [-0.05, 0) is 42.5 Å². The first kappa shape index (κ1) is 20.8. The summed E-state index contributed by atoms with van der Waals surface area (Å²) in [6.07, 6.45) is 0. The van der Waals surface area contributed by atoms with Crippen molar-refractivity contribution in [1.82, 2.24) is 9.97 Å². The fourth-order valence-corrected chi connectivity index (χ4v) is 3.36. The van der Waals surface area contributed by atoms with E-state index < -0.39 is 0 Å². The first-order valence-corrected chi connectivity index (χ1v) is 9.87. The SMILES string of the molecule is COc1ccc(-c2cc(=O)[nH]c(SCC(=O)Nc3cc(Cl)ccc3OC)n2)cc1. The molecule has 150 valence electrons. The van der Waals surface area contributed by atoms with E-state index in [9.17, 15) is 9.59 Å². The van der Waals surface area contributed by atoms with Gasteiger partial charge >= 0.3 is 0 Å². The van der Waals surface area contributed by atoms with Crippen molar-refractivity contribution in [2.24, 2.45) is 0 Å². The van der Waals surface area contributed by atoms with E-state index in [-0.39, 0.29) is 17.2 Å². The van der Waals surface area contributed by atoms with Crippen LogP contribution in [0, 0.1) is 0 Å². The summed E-state index contributed by atoms with van der Waals surface area (Å²) in [6, 6.07) is 13.6. The Morgan fingerprint density at radius 2 is 1.90 bits per heavy atom. The van der Waals surface area contributed by atoms with Gasteiger partial charge in [0.1, 0.15) is 11.5 Å². The minimum Gasteiger partial charge on any atom is -0.497 e. The third-order valence-corrected chi connectivity index (χ3v) is 4.99. The van der Waals surface area contributed by atoms with Crippen LogP contribution in [0.25, 0.3) is 11.3 Å². The smallest absolute Gasteiger partial charge is 0.252 e. The number of benzene rings is 2. The van der Waals surface area contributed by atoms with Gasteiger partial charge in [-0.15, -0.1) is 0 Å². The van der Waals surface area contributed by atoms with Gasteiger partial charge in [0.15, 0.2) is 5.16 Å². The number of carbonyl (C=O) groups is 1. The lowest BCUT2D eigenvalue weighted by Gasteiger charge is -2.10. The van der Waals surface area contributed by atoms with E-state index in [1.165, 1.54) is 13.2 Å². The Morgan fingerprint density at radius 3 is 2.59 bits per heavy atom. The van der Waals surface area contributed by atoms with Crippen LogP contribution < -0.4 is 20.3 Å². The lowest BCUT2D eigenvalue weighted by molar-refractivity contribution is -0.113. The number of ether oxygens (including phenoxy) is 2. The first-order chi connectivity index (χ1) is 14.0. The van der Waals surface area contributed by atoms with Gasteiger partial charge in [0.25, 0.3) is 5.56 Å². The molecule has 3 aromatic rings. The van der Waals surface area contributed by atoms with Crippen LogP contribution in [0.2, 0.25) is 5.02 Å². The Labute approximate surface area is 176 Å². The number of rotatable bonds is 7. The quantitative estimate of drug-likeness (QED) is 0.436. The third kappa shape index (κ3) is 5.52. The number of carbonyl (C=O) groups excluding carboxylic acids is 1. The fourth-order valence-electron chi connectivity index (χ4n) is 2.51. The number of thioether (sulfide) groups is 1. The van der Waals surface area contributed by atoms with Crippen molar-refractivity contribution in [3.8, 4) is 22.8 Å². The van der Waals surface area contributed by atoms with Crippen LogP contribution in [0.5, 0.6) is 11.5 Å². The van der Waals surface area contributed by atoms with Crippen molar-refractivity contribution >= 4 is 35.0 Å². The highest BCUT2D eigenvalue weighted by atomic mass is 35.5. The van der Waals surface area contributed by atoms with Crippen LogP contribution in [0.15, 0.2) is 58.5 Å². The minimum absolute atomic E-state index is 0.0463. The minimum atomic E-state index is -0.301. The zero-order valence-electron chi connectivity index (χ0n) is 15.7. The van der Waals surface area contributed by atoms with E-state index in [0.717, 1.165) is 17.3 Å². The van der Waals surface area contributed by atoms with E-state index in [1.807, 2.05) is 12.1 Å². The Balaban J connectivity index is 1.70. The van der Waals surface area contributed by atoms with Gasteiger partial charge in [-0.3, -0.25) is 9.59 Å². The van der Waals surface area contributed by atoms with Crippen molar-refractivity contribution in [3.63, 3.8) is 0 Å². The van der Waals surface area contributed by atoms with Crippen molar-refractivity contribution in [1.29, 1.82) is 0 Å². The van der Waals surface area contributed by atoms with Crippen LogP contribution >= 0.6 is 23.4 Å². The maximum absolute atomic E-state index is 12.3. The maximum atomic E-state index is 12.3. The summed E-state index contributed by atoms with van der Waals surface area (Å²) in [7, 11) is 3.09. The molecule has 0 radical (unpaired) electrons. The molecule has 3 rings (SSSR count). The van der Waals surface area contributed by atoms with Crippen LogP contribution in [0.4, 0.5) is 5.69 Å². The molecule has 1 aromatic heterocycles. The van der Waals surface area contributed by atoms with Crippen molar-refractivity contribution in [2.45, 2.75) is 5.16 Å². The molecular weight excluding hydrogens is 414 g/mol. The molecule has 9 heteroatoms. The summed E-state index contributed by atoms with van der Waals surface area (Å²) < 4.78 is 10.3. The van der Waals surface area contributed by atoms with E-state index in [2.05, 4.69) is 15.3 Å². The predicted molar refractivity (Wildman–Crippen MR) is 114 cm³/mol. The number of amides is 1. The molecule has 0 spiro atoms. The number of anilines is 1. The number of aromatic amines is 1. The molecule has 0 aliphatic rings. The normalized spacial score (nSPS) is 10.4. The Kier molecular flexibility index (Phi) is 6.79. The van der Waals surface area contributed by atoms with Crippen LogP contribution in [-0.4, -0.2) is 35.8 Å². The Hall–Kier alpha value is -2.97. The van der Waals surface area contributed by atoms with Gasteiger partial charge in [-0.1, -0.05) is 23.4 Å². The third-order valence-electron chi connectivity index (χ3n) is 3.88. The molecule has 0 saturated heterocycles. The van der Waals surface area contributed by atoms with Crippen LogP contribution in [0.3, 0.4) is 0 Å². The number of hydrogen-bond acceptors (Lipinski definition) is 6. The zero-order valence-corrected chi connectivity index (χ0v) is 17.3. The van der Waals surface area contributed by atoms with Crippen LogP contribution in [-0.2, 0) is 4.79 Å². The van der Waals surface area contributed by atoms with Gasteiger partial charge in [0.05, 0.1) is 31.4 Å². The Morgan fingerprint density at radius 1 is 1.14 bits per heavy atom. The number of methoxy groups -OCH3 is 2. The molecule has 2 N–H and O–H groups in total. The molecule has 0 unspecified atom stereocenters. The zero-order chi connectivity index (χ0) is 20.8. The number of hydrogen-bond donors (Lipinski definition) is 2. The molecule has 7 nitrogen and oxygen atoms in total. The standard InChI is InChI=1S/C20H18ClN3O4S/c1-27-14-6-3-12(4-7-14)15-10-18(25)24-20(23-15)29-11-19(26)22-16-9-13(21)5-8-17(16)28-2/h3-10H,11H2,1-2H3,(H,22,26)(H,23,24,25). The summed E-state index contributed by atoms with van der Waals surface area (Å²) in [5, 5.41) is 3.57. The number of H-pyrrole nitrogens is 1. The highest BCUT2D eigenvalue weighted by molar-refractivity contribution is 7.99. The fraction of sp³-hybridized carbons (Fsp3) is 0.150. The second-order valence-electron chi connectivity index (χ2n) is 5.85. The molecule has 0 atom stereocenters. The van der Waals surface area contributed by atoms with E-state index in [4.69, 9.17) is 21.1 Å². The molecule has 1 heterocycles. The van der Waals surface area contributed by atoms with Gasteiger partial charge in [-0.25, -0.2) is 4.98 Å². The highest BCUT2D eigenvalue weighted by Crippen LogP contribution is 2.28. The summed E-state index contributed by atoms with van der Waals surface area (Å²) in [4.78, 5) is 31.4. The topological polar surface area (TPSA) is 93.3 Å². The number of nitrogens with one attached hydrogen (secondary N) is 2. The largest absolute Gasteiger partial charge is 0.497 e. The summed E-state index contributed by atoms with van der Waals surface area (Å²) >= 11 is 7.09. The molecule has 29 heavy (non-hydrogen) atoms. The molecule has 2 aromatic carbocycles. The highest BCUT2D eigenvalue weighted by Gasteiger charge is 2.11. The average molecular weight is 432 g/mol. The summed E-state index contributed by atoms with van der Waals surface area (Å²) in [6.45, 7) is 0. The predicted octanol–water partition coefficient (Wildman–Crippen LogP) is 3.84. The van der Waals surface area contributed by atoms with Gasteiger partial charge in [0.2, 0.25) is 5.91 Å². The van der Waals surface area contributed by atoms with Crippen LogP contribution in [0.1, 0.15) is 0 Å². The molecule has 1 amide bonds. The molecule has 0 saturated carbocycles. The molecule has 0 aliphatic heterocycles. The molecule has 0 bridgehead atoms. The summed E-state index contributed by atoms with van der Waals surface area (Å²) in [5.74, 6) is 0.972. The Bertz CT molecular complexity index is 1070. The molecule has 0 aliphatic carbocycles. The lowest BCUT2D eigenvalue weighted by atomic mass is 10.1. The van der Waals surface area contributed by atoms with E-state index in [0.29, 0.717) is 33.1 Å². The molecule has 0 fully saturated rings. The second kappa shape index (κ2) is 9.49. The average Bonchev–Trinajstić information content (AvgIpc) is 2.72. The first-order valence-electron chi connectivity index (χ1n) is 8.50. The van der Waals surface area contributed by atoms with Crippen molar-refractivity contribution < 1.29 is 14.3 Å². The lowest BCUT2D eigenvalue weighted by Crippen LogP contribution is -2.16. The van der Waals surface area contributed by atoms with E-state index in [1.54, 1.807) is 37.4 Å². The molecular formula is C20H18ClN3O4S. The number of aromatic nitrogens is 2. The van der Waals surface area contributed by atoms with Gasteiger partial charge in [0, 0.05) is 16.7 Å². The van der Waals surface area contributed by atoms with Crippen molar-refractivity contribution in [2.75, 3.05) is 25.3 Å².